The van der Waals surface area contributed by atoms with Gasteiger partial charge in [0.25, 0.3) is 0 Å². The normalized spacial score (nSPS) is 12.5. The topological polar surface area (TPSA) is 20.2 Å². The van der Waals surface area contributed by atoms with Gasteiger partial charge in [0.2, 0.25) is 0 Å². The summed E-state index contributed by atoms with van der Waals surface area (Å²) in [5, 5.41) is 10.2. The minimum atomic E-state index is -0.983. The highest BCUT2D eigenvalue weighted by atomic mass is 79.9. The number of hydrogen-bond acceptors (Lipinski definition) is 1. The monoisotopic (exact) mass is 358 g/mol. The lowest BCUT2D eigenvalue weighted by molar-refractivity contribution is 0.214. The first-order chi connectivity index (χ1) is 8.11. The van der Waals surface area contributed by atoms with E-state index in [0.29, 0.717) is 14.5 Å². The number of benzene rings is 2. The zero-order chi connectivity index (χ0) is 12.4. The highest BCUT2D eigenvalue weighted by Gasteiger charge is 2.19. The van der Waals surface area contributed by atoms with Gasteiger partial charge in [0.1, 0.15) is 11.9 Å². The van der Waals surface area contributed by atoms with E-state index in [-0.39, 0.29) is 5.56 Å². The van der Waals surface area contributed by atoms with Gasteiger partial charge in [-0.15, -0.1) is 0 Å². The molecule has 0 fully saturated rings. The van der Waals surface area contributed by atoms with Crippen molar-refractivity contribution in [1.29, 1.82) is 0 Å². The molecule has 2 aromatic carbocycles. The molecule has 1 N–H and O–H groups in total. The third-order valence-corrected chi connectivity index (χ3v) is 3.77. The Morgan fingerprint density at radius 2 is 1.53 bits per heavy atom. The summed E-state index contributed by atoms with van der Waals surface area (Å²) in [5.74, 6) is -0.448. The van der Waals surface area contributed by atoms with E-state index < -0.39 is 11.9 Å². The third-order valence-electron chi connectivity index (χ3n) is 2.47. The molecule has 0 spiro atoms. The van der Waals surface area contributed by atoms with Crippen LogP contribution in [0.4, 0.5) is 4.39 Å². The smallest absolute Gasteiger partial charge is 0.144 e. The first-order valence-electron chi connectivity index (χ1n) is 4.97. The van der Waals surface area contributed by atoms with Crippen LogP contribution in [0.3, 0.4) is 0 Å². The van der Waals surface area contributed by atoms with Crippen LogP contribution in [0.1, 0.15) is 17.2 Å². The van der Waals surface area contributed by atoms with E-state index in [4.69, 9.17) is 0 Å². The molecule has 17 heavy (non-hydrogen) atoms. The fraction of sp³-hybridized carbons (Fsp3) is 0.0769. The highest BCUT2D eigenvalue weighted by molar-refractivity contribution is 9.11. The molecule has 4 heteroatoms. The fourth-order valence-electron chi connectivity index (χ4n) is 1.60. The Bertz CT molecular complexity index is 528. The number of aliphatic hydroxyl groups excluding tert-OH is 1. The summed E-state index contributed by atoms with van der Waals surface area (Å²) in [7, 11) is 0. The summed E-state index contributed by atoms with van der Waals surface area (Å²) in [5.41, 5.74) is 0.899. The summed E-state index contributed by atoms with van der Waals surface area (Å²) in [4.78, 5) is 0. The highest BCUT2D eigenvalue weighted by Crippen LogP contribution is 2.34. The Kier molecular flexibility index (Phi) is 3.97. The van der Waals surface area contributed by atoms with Crippen molar-refractivity contribution in [3.05, 3.63) is 68.4 Å². The molecular formula is C13H9Br2FO. The van der Waals surface area contributed by atoms with Crippen molar-refractivity contribution in [1.82, 2.24) is 0 Å². The molecule has 1 atom stereocenters. The zero-order valence-electron chi connectivity index (χ0n) is 8.70. The van der Waals surface area contributed by atoms with Crippen LogP contribution in [0.2, 0.25) is 0 Å². The predicted octanol–water partition coefficient (Wildman–Crippen LogP) is 4.43. The average Bonchev–Trinajstić information content (AvgIpc) is 2.35. The van der Waals surface area contributed by atoms with Gasteiger partial charge in [0.15, 0.2) is 0 Å². The van der Waals surface area contributed by atoms with E-state index >= 15 is 0 Å². The van der Waals surface area contributed by atoms with Crippen molar-refractivity contribution in [3.8, 4) is 0 Å². The average molecular weight is 360 g/mol. The summed E-state index contributed by atoms with van der Waals surface area (Å²) in [6, 6.07) is 12.3. The minimum absolute atomic E-state index is 0.241. The van der Waals surface area contributed by atoms with Crippen LogP contribution >= 0.6 is 31.9 Å². The van der Waals surface area contributed by atoms with Crippen LogP contribution in [0.5, 0.6) is 0 Å². The first kappa shape index (κ1) is 12.7. The molecule has 0 aliphatic heterocycles. The van der Waals surface area contributed by atoms with Gasteiger partial charge >= 0.3 is 0 Å². The molecule has 88 valence electrons. The summed E-state index contributed by atoms with van der Waals surface area (Å²) >= 11 is 6.37. The molecule has 0 aliphatic rings. The Morgan fingerprint density at radius 1 is 0.941 bits per heavy atom. The maximum Gasteiger partial charge on any atom is 0.144 e. The van der Waals surface area contributed by atoms with Crippen LogP contribution in [0, 0.1) is 5.82 Å². The SMILES string of the molecule is OC(c1ccccc1)c1c(Br)ccc(Br)c1F. The second-order valence-corrected chi connectivity index (χ2v) is 5.28. The number of rotatable bonds is 2. The molecule has 0 aromatic heterocycles. The largest absolute Gasteiger partial charge is 0.384 e. The van der Waals surface area contributed by atoms with Crippen molar-refractivity contribution < 1.29 is 9.50 Å². The standard InChI is InChI=1S/C13H9Br2FO/c14-9-6-7-10(15)12(16)11(9)13(17)8-4-2-1-3-5-8/h1-7,13,17H. The maximum absolute atomic E-state index is 14.0. The molecule has 2 aromatic rings. The van der Waals surface area contributed by atoms with Crippen LogP contribution in [-0.2, 0) is 0 Å². The van der Waals surface area contributed by atoms with E-state index in [1.807, 2.05) is 18.2 Å². The predicted molar refractivity (Wildman–Crippen MR) is 72.3 cm³/mol. The van der Waals surface area contributed by atoms with Crippen LogP contribution < -0.4 is 0 Å². The molecule has 2 rings (SSSR count). The second kappa shape index (κ2) is 5.29. The molecule has 0 amide bonds. The van der Waals surface area contributed by atoms with Crippen molar-refractivity contribution >= 4 is 31.9 Å². The summed E-state index contributed by atoms with van der Waals surface area (Å²) < 4.78 is 14.9. The van der Waals surface area contributed by atoms with Gasteiger partial charge in [-0.05, 0) is 33.6 Å². The van der Waals surface area contributed by atoms with Crippen molar-refractivity contribution in [2.24, 2.45) is 0 Å². The maximum atomic E-state index is 14.0. The van der Waals surface area contributed by atoms with Crippen molar-refractivity contribution in [3.63, 3.8) is 0 Å². The van der Waals surface area contributed by atoms with Gasteiger partial charge in [-0.1, -0.05) is 46.3 Å². The lowest BCUT2D eigenvalue weighted by Gasteiger charge is -2.15. The fourth-order valence-corrected chi connectivity index (χ4v) is 2.46. The van der Waals surface area contributed by atoms with Gasteiger partial charge in [0, 0.05) is 10.0 Å². The quantitative estimate of drug-likeness (QED) is 0.786. The van der Waals surface area contributed by atoms with Crippen molar-refractivity contribution in [2.45, 2.75) is 6.10 Å². The van der Waals surface area contributed by atoms with Crippen LogP contribution in [-0.4, -0.2) is 5.11 Å². The van der Waals surface area contributed by atoms with Gasteiger partial charge < -0.3 is 5.11 Å². The molecular weight excluding hydrogens is 351 g/mol. The first-order valence-corrected chi connectivity index (χ1v) is 6.56. The molecule has 0 saturated heterocycles. The molecule has 0 saturated carbocycles. The van der Waals surface area contributed by atoms with Gasteiger partial charge in [-0.25, -0.2) is 4.39 Å². The second-order valence-electron chi connectivity index (χ2n) is 3.57. The minimum Gasteiger partial charge on any atom is -0.384 e. The molecule has 0 bridgehead atoms. The number of aliphatic hydroxyl groups is 1. The van der Waals surface area contributed by atoms with E-state index in [1.165, 1.54) is 0 Å². The van der Waals surface area contributed by atoms with Gasteiger partial charge in [-0.2, -0.15) is 0 Å². The van der Waals surface area contributed by atoms with Gasteiger partial charge in [-0.3, -0.25) is 0 Å². The molecule has 0 aliphatic carbocycles. The molecule has 1 unspecified atom stereocenters. The summed E-state index contributed by atoms with van der Waals surface area (Å²) in [6.45, 7) is 0. The molecule has 0 radical (unpaired) electrons. The summed E-state index contributed by atoms with van der Waals surface area (Å²) in [6.07, 6.45) is -0.983. The van der Waals surface area contributed by atoms with E-state index in [2.05, 4.69) is 31.9 Å². The molecule has 0 heterocycles. The van der Waals surface area contributed by atoms with E-state index in [1.54, 1.807) is 24.3 Å². The number of halogens is 3. The Morgan fingerprint density at radius 3 is 2.18 bits per heavy atom. The lowest BCUT2D eigenvalue weighted by Crippen LogP contribution is -2.04. The van der Waals surface area contributed by atoms with Crippen LogP contribution in [0.15, 0.2) is 51.4 Å². The van der Waals surface area contributed by atoms with Crippen LogP contribution in [0.25, 0.3) is 0 Å². The number of hydrogen-bond donors (Lipinski definition) is 1. The third kappa shape index (κ3) is 2.59. The Hall–Kier alpha value is -0.710. The molecule has 1 nitrogen and oxygen atoms in total. The lowest BCUT2D eigenvalue weighted by atomic mass is 10.0. The van der Waals surface area contributed by atoms with Gasteiger partial charge in [0.05, 0.1) is 4.47 Å². The zero-order valence-corrected chi connectivity index (χ0v) is 11.9. The van der Waals surface area contributed by atoms with E-state index in [0.717, 1.165) is 0 Å². The Balaban J connectivity index is 2.51. The van der Waals surface area contributed by atoms with E-state index in [9.17, 15) is 9.50 Å². The van der Waals surface area contributed by atoms with Crippen molar-refractivity contribution in [2.75, 3.05) is 0 Å². The Labute approximate surface area is 116 Å².